The van der Waals surface area contributed by atoms with E-state index in [1.807, 2.05) is 32.0 Å². The summed E-state index contributed by atoms with van der Waals surface area (Å²) in [7, 11) is 0. The van der Waals surface area contributed by atoms with Crippen LogP contribution in [0, 0.1) is 19.7 Å². The van der Waals surface area contributed by atoms with Gasteiger partial charge in [0.1, 0.15) is 12.4 Å². The molecule has 0 fully saturated rings. The number of halogens is 2. The summed E-state index contributed by atoms with van der Waals surface area (Å²) in [6.07, 6.45) is 0. The molecule has 27 heavy (non-hydrogen) atoms. The lowest BCUT2D eigenvalue weighted by Gasteiger charge is -2.10. The van der Waals surface area contributed by atoms with Crippen molar-refractivity contribution in [3.05, 3.63) is 80.9 Å². The van der Waals surface area contributed by atoms with Gasteiger partial charge in [0.25, 0.3) is 5.56 Å². The molecular weight excluding hydrogens is 369 g/mol. The molecule has 3 rings (SSSR count). The molecule has 1 heterocycles. The number of anilines is 1. The maximum Gasteiger partial charge on any atom is 0.267 e. The lowest BCUT2D eigenvalue weighted by molar-refractivity contribution is -0.117. The standard InChI is InChI=1S/C20H17ClFN3O2/c1-12-3-4-14(9-13(12)2)17-7-8-20(27)25(24-17)11-19(26)23-18-6-5-15(21)10-16(18)22/h3-10H,11H2,1-2H3,(H,23,26). The van der Waals surface area contributed by atoms with Gasteiger partial charge in [-0.15, -0.1) is 0 Å². The van der Waals surface area contributed by atoms with Gasteiger partial charge >= 0.3 is 0 Å². The first-order valence-electron chi connectivity index (χ1n) is 8.24. The van der Waals surface area contributed by atoms with Crippen LogP contribution in [0.2, 0.25) is 5.02 Å². The van der Waals surface area contributed by atoms with E-state index in [9.17, 15) is 14.0 Å². The fraction of sp³-hybridized carbons (Fsp3) is 0.150. The van der Waals surface area contributed by atoms with Crippen LogP contribution in [0.4, 0.5) is 10.1 Å². The molecule has 0 bridgehead atoms. The summed E-state index contributed by atoms with van der Waals surface area (Å²) in [6.45, 7) is 3.66. The van der Waals surface area contributed by atoms with E-state index < -0.39 is 17.3 Å². The molecular formula is C20H17ClFN3O2. The minimum atomic E-state index is -0.653. The van der Waals surface area contributed by atoms with Crippen LogP contribution in [-0.2, 0) is 11.3 Å². The maximum absolute atomic E-state index is 13.8. The molecule has 0 saturated carbocycles. The minimum Gasteiger partial charge on any atom is -0.322 e. The molecule has 5 nitrogen and oxygen atoms in total. The Morgan fingerprint density at radius 1 is 1.11 bits per heavy atom. The van der Waals surface area contributed by atoms with Crippen LogP contribution in [0.15, 0.2) is 53.3 Å². The number of aromatic nitrogens is 2. The van der Waals surface area contributed by atoms with Crippen LogP contribution >= 0.6 is 11.6 Å². The van der Waals surface area contributed by atoms with E-state index in [0.29, 0.717) is 5.69 Å². The molecule has 0 aliphatic heterocycles. The van der Waals surface area contributed by atoms with Gasteiger partial charge in [0.15, 0.2) is 0 Å². The van der Waals surface area contributed by atoms with Crippen molar-refractivity contribution in [2.24, 2.45) is 0 Å². The maximum atomic E-state index is 13.8. The van der Waals surface area contributed by atoms with Gasteiger partial charge < -0.3 is 5.32 Å². The van der Waals surface area contributed by atoms with Crippen molar-refractivity contribution in [3.63, 3.8) is 0 Å². The topological polar surface area (TPSA) is 64.0 Å². The van der Waals surface area contributed by atoms with Crippen molar-refractivity contribution >= 4 is 23.2 Å². The zero-order valence-corrected chi connectivity index (χ0v) is 15.5. The number of aryl methyl sites for hydroxylation is 2. The van der Waals surface area contributed by atoms with E-state index in [0.717, 1.165) is 27.4 Å². The van der Waals surface area contributed by atoms with Crippen molar-refractivity contribution in [1.29, 1.82) is 0 Å². The SMILES string of the molecule is Cc1ccc(-c2ccc(=O)n(CC(=O)Nc3ccc(Cl)cc3F)n2)cc1C. The highest BCUT2D eigenvalue weighted by Gasteiger charge is 2.11. The largest absolute Gasteiger partial charge is 0.322 e. The van der Waals surface area contributed by atoms with Gasteiger partial charge in [-0.3, -0.25) is 9.59 Å². The summed E-state index contributed by atoms with van der Waals surface area (Å²) < 4.78 is 14.9. The summed E-state index contributed by atoms with van der Waals surface area (Å²) in [6, 6.07) is 12.7. The Morgan fingerprint density at radius 3 is 2.59 bits per heavy atom. The monoisotopic (exact) mass is 385 g/mol. The second-order valence-electron chi connectivity index (χ2n) is 6.19. The number of amides is 1. The predicted octanol–water partition coefficient (Wildman–Crippen LogP) is 3.96. The van der Waals surface area contributed by atoms with Crippen molar-refractivity contribution in [1.82, 2.24) is 9.78 Å². The lowest BCUT2D eigenvalue weighted by atomic mass is 10.0. The van der Waals surface area contributed by atoms with Crippen LogP contribution in [0.5, 0.6) is 0 Å². The van der Waals surface area contributed by atoms with Crippen molar-refractivity contribution < 1.29 is 9.18 Å². The molecule has 7 heteroatoms. The van der Waals surface area contributed by atoms with Crippen LogP contribution in [-0.4, -0.2) is 15.7 Å². The highest BCUT2D eigenvalue weighted by Crippen LogP contribution is 2.20. The van der Waals surface area contributed by atoms with Crippen molar-refractivity contribution in [3.8, 4) is 11.3 Å². The van der Waals surface area contributed by atoms with Crippen molar-refractivity contribution in [2.45, 2.75) is 20.4 Å². The summed E-state index contributed by atoms with van der Waals surface area (Å²) in [5.41, 5.74) is 3.23. The molecule has 0 atom stereocenters. The van der Waals surface area contributed by atoms with Gasteiger partial charge in [0.05, 0.1) is 11.4 Å². The average molecular weight is 386 g/mol. The van der Waals surface area contributed by atoms with Crippen LogP contribution in [0.3, 0.4) is 0 Å². The zero-order chi connectivity index (χ0) is 19.6. The summed E-state index contributed by atoms with van der Waals surface area (Å²) >= 11 is 5.69. The lowest BCUT2D eigenvalue weighted by Crippen LogP contribution is -2.29. The van der Waals surface area contributed by atoms with E-state index in [-0.39, 0.29) is 17.3 Å². The van der Waals surface area contributed by atoms with Crippen molar-refractivity contribution in [2.75, 3.05) is 5.32 Å². The normalized spacial score (nSPS) is 10.7. The van der Waals surface area contributed by atoms with Gasteiger partial charge in [-0.2, -0.15) is 5.10 Å². The van der Waals surface area contributed by atoms with Gasteiger partial charge in [-0.05, 0) is 55.3 Å². The molecule has 0 saturated heterocycles. The molecule has 3 aromatic rings. The molecule has 0 aliphatic rings. The number of nitrogens with zero attached hydrogens (tertiary/aromatic N) is 2. The second kappa shape index (κ2) is 7.72. The van der Waals surface area contributed by atoms with E-state index in [1.165, 1.54) is 18.2 Å². The second-order valence-corrected chi connectivity index (χ2v) is 6.62. The Hall–Kier alpha value is -2.99. The summed E-state index contributed by atoms with van der Waals surface area (Å²) in [5.74, 6) is -1.22. The third-order valence-electron chi connectivity index (χ3n) is 4.17. The Labute approximate surface area is 160 Å². The molecule has 0 unspecified atom stereocenters. The fourth-order valence-corrected chi connectivity index (χ4v) is 2.69. The van der Waals surface area contributed by atoms with Crippen LogP contribution in [0.25, 0.3) is 11.3 Å². The number of carbonyl (C=O) groups excluding carboxylic acids is 1. The number of carbonyl (C=O) groups is 1. The molecule has 1 amide bonds. The fourth-order valence-electron chi connectivity index (χ4n) is 2.53. The van der Waals surface area contributed by atoms with E-state index in [4.69, 9.17) is 11.6 Å². The minimum absolute atomic E-state index is 0.0113. The quantitative estimate of drug-likeness (QED) is 0.739. The summed E-state index contributed by atoms with van der Waals surface area (Å²) in [5, 5.41) is 6.90. The summed E-state index contributed by atoms with van der Waals surface area (Å²) in [4.78, 5) is 24.3. The molecule has 138 valence electrons. The first-order chi connectivity index (χ1) is 12.8. The van der Waals surface area contributed by atoms with E-state index >= 15 is 0 Å². The Bertz CT molecular complexity index is 1080. The molecule has 0 spiro atoms. The predicted molar refractivity (Wildman–Crippen MR) is 103 cm³/mol. The van der Waals surface area contributed by atoms with Gasteiger partial charge in [0, 0.05) is 16.7 Å². The Kier molecular flexibility index (Phi) is 5.37. The number of benzene rings is 2. The zero-order valence-electron chi connectivity index (χ0n) is 14.8. The average Bonchev–Trinajstić information content (AvgIpc) is 2.62. The van der Waals surface area contributed by atoms with Gasteiger partial charge in [-0.25, -0.2) is 9.07 Å². The van der Waals surface area contributed by atoms with Gasteiger partial charge in [0.2, 0.25) is 5.91 Å². The Balaban J connectivity index is 1.83. The number of hydrogen-bond acceptors (Lipinski definition) is 3. The first-order valence-corrected chi connectivity index (χ1v) is 8.62. The number of nitrogens with one attached hydrogen (secondary N) is 1. The molecule has 0 radical (unpaired) electrons. The highest BCUT2D eigenvalue weighted by molar-refractivity contribution is 6.30. The van der Waals surface area contributed by atoms with E-state index in [2.05, 4.69) is 10.4 Å². The number of hydrogen-bond donors (Lipinski definition) is 1. The Morgan fingerprint density at radius 2 is 1.89 bits per heavy atom. The van der Waals surface area contributed by atoms with Crippen LogP contribution < -0.4 is 10.9 Å². The first kappa shape index (κ1) is 18.8. The molecule has 1 aromatic heterocycles. The smallest absolute Gasteiger partial charge is 0.267 e. The van der Waals surface area contributed by atoms with E-state index in [1.54, 1.807) is 6.07 Å². The van der Waals surface area contributed by atoms with Gasteiger partial charge in [-0.1, -0.05) is 23.7 Å². The third-order valence-corrected chi connectivity index (χ3v) is 4.40. The number of rotatable bonds is 4. The van der Waals surface area contributed by atoms with Crippen LogP contribution in [0.1, 0.15) is 11.1 Å². The highest BCUT2D eigenvalue weighted by atomic mass is 35.5. The molecule has 2 aromatic carbocycles. The molecule has 0 aliphatic carbocycles. The molecule has 1 N–H and O–H groups in total. The third kappa shape index (κ3) is 4.41.